The number of halogens is 2. The second kappa shape index (κ2) is 9.62. The van der Waals surface area contributed by atoms with E-state index < -0.39 is 11.7 Å². The molecule has 0 aliphatic carbocycles. The number of carbonyl (C=O) groups excluding carboxylic acids is 2. The van der Waals surface area contributed by atoms with Gasteiger partial charge in [-0.2, -0.15) is 5.10 Å². The van der Waals surface area contributed by atoms with E-state index in [1.807, 2.05) is 18.2 Å². The zero-order valence-electron chi connectivity index (χ0n) is 17.5. The van der Waals surface area contributed by atoms with E-state index in [0.29, 0.717) is 17.9 Å². The van der Waals surface area contributed by atoms with Crippen LogP contribution in [0.5, 0.6) is 0 Å². The van der Waals surface area contributed by atoms with Gasteiger partial charge in [0.25, 0.3) is 11.8 Å². The van der Waals surface area contributed by atoms with Crippen LogP contribution < -0.4 is 10.6 Å². The molecule has 4 rings (SSSR count). The first kappa shape index (κ1) is 22.2. The molecule has 0 bridgehead atoms. The molecule has 0 aliphatic rings. The largest absolute Gasteiger partial charge is 0.351 e. The lowest BCUT2D eigenvalue weighted by molar-refractivity contribution is 0.0949. The maximum absolute atomic E-state index is 14.5. The monoisotopic (exact) mass is 463 g/mol. The highest BCUT2D eigenvalue weighted by molar-refractivity contribution is 6.34. The number of aromatic nitrogens is 3. The Hall–Kier alpha value is -4.04. The Morgan fingerprint density at radius 3 is 2.48 bits per heavy atom. The molecule has 0 atom stereocenters. The van der Waals surface area contributed by atoms with Crippen LogP contribution in [-0.4, -0.2) is 33.1 Å². The summed E-state index contributed by atoms with van der Waals surface area (Å²) >= 11 is 6.20. The van der Waals surface area contributed by atoms with Crippen LogP contribution in [0.1, 0.15) is 27.8 Å². The summed E-state index contributed by atoms with van der Waals surface area (Å²) in [4.78, 5) is 29.6. The van der Waals surface area contributed by atoms with E-state index in [4.69, 9.17) is 11.6 Å². The Balaban J connectivity index is 1.72. The van der Waals surface area contributed by atoms with Crippen molar-refractivity contribution in [1.82, 2.24) is 20.1 Å². The number of carbonyl (C=O) groups is 2. The number of hydrogen-bond donors (Lipinski definition) is 2. The van der Waals surface area contributed by atoms with Crippen molar-refractivity contribution in [2.45, 2.75) is 6.92 Å². The topological polar surface area (TPSA) is 88.9 Å². The molecule has 2 amide bonds. The minimum absolute atomic E-state index is 0.0547. The standard InChI is InChI=1S/C24H19ClFN5O2/c1-2-27-24(33)21-14-22(31(30-21)15-8-4-3-5-9-15)29-23(32)16-12-17(19(26)13-18(16)25)20-10-6-7-11-28-20/h3-14H,2H2,1H3,(H,27,33)(H,29,32). The van der Waals surface area contributed by atoms with Gasteiger partial charge in [0.05, 0.1) is 22.0 Å². The number of benzene rings is 2. The zero-order chi connectivity index (χ0) is 23.4. The van der Waals surface area contributed by atoms with E-state index in [1.54, 1.807) is 37.3 Å². The lowest BCUT2D eigenvalue weighted by atomic mass is 10.1. The van der Waals surface area contributed by atoms with Crippen LogP contribution in [0.2, 0.25) is 5.02 Å². The van der Waals surface area contributed by atoms with Gasteiger partial charge in [0, 0.05) is 24.4 Å². The number of amides is 2. The van der Waals surface area contributed by atoms with Gasteiger partial charge in [0.1, 0.15) is 11.6 Å². The number of rotatable bonds is 6. The SMILES string of the molecule is CCNC(=O)c1cc(NC(=O)c2cc(-c3ccccn3)c(F)cc2Cl)n(-c2ccccc2)n1. The van der Waals surface area contributed by atoms with E-state index in [-0.39, 0.29) is 33.6 Å². The predicted octanol–water partition coefficient (Wildman–Crippen LogP) is 4.73. The second-order valence-corrected chi connectivity index (χ2v) is 7.41. The third-order valence-electron chi connectivity index (χ3n) is 4.76. The van der Waals surface area contributed by atoms with Crippen molar-refractivity contribution < 1.29 is 14.0 Å². The zero-order valence-corrected chi connectivity index (χ0v) is 18.3. The van der Waals surface area contributed by atoms with Gasteiger partial charge in [-0.15, -0.1) is 0 Å². The smallest absolute Gasteiger partial charge is 0.271 e. The number of anilines is 1. The molecule has 0 aliphatic heterocycles. The van der Waals surface area contributed by atoms with Crippen molar-refractivity contribution in [2.24, 2.45) is 0 Å². The fourth-order valence-electron chi connectivity index (χ4n) is 3.22. The minimum atomic E-state index is -0.594. The second-order valence-electron chi connectivity index (χ2n) is 7.00. The molecule has 0 radical (unpaired) electrons. The summed E-state index contributed by atoms with van der Waals surface area (Å²) in [7, 11) is 0. The van der Waals surface area contributed by atoms with Crippen LogP contribution in [-0.2, 0) is 0 Å². The Kier molecular flexibility index (Phi) is 6.46. The molecule has 7 nitrogen and oxygen atoms in total. The van der Waals surface area contributed by atoms with E-state index >= 15 is 0 Å². The summed E-state index contributed by atoms with van der Waals surface area (Å²) < 4.78 is 16.0. The van der Waals surface area contributed by atoms with Gasteiger partial charge in [-0.1, -0.05) is 35.9 Å². The number of pyridine rings is 1. The fraction of sp³-hybridized carbons (Fsp3) is 0.0833. The third kappa shape index (κ3) is 4.75. The highest BCUT2D eigenvalue weighted by Crippen LogP contribution is 2.28. The molecule has 0 saturated heterocycles. The molecule has 2 aromatic heterocycles. The summed E-state index contributed by atoms with van der Waals surface area (Å²) in [5.41, 5.74) is 1.34. The minimum Gasteiger partial charge on any atom is -0.351 e. The van der Waals surface area contributed by atoms with Gasteiger partial charge in [0.2, 0.25) is 0 Å². The molecule has 0 spiro atoms. The van der Waals surface area contributed by atoms with Crippen molar-refractivity contribution in [1.29, 1.82) is 0 Å². The molecule has 2 N–H and O–H groups in total. The van der Waals surface area contributed by atoms with Crippen molar-refractivity contribution in [3.05, 3.63) is 95.0 Å². The molecule has 2 aromatic carbocycles. The van der Waals surface area contributed by atoms with Crippen LogP contribution in [0.15, 0.2) is 72.9 Å². The molecule has 166 valence electrons. The van der Waals surface area contributed by atoms with Crippen molar-refractivity contribution in [3.63, 3.8) is 0 Å². The molecule has 0 fully saturated rings. The highest BCUT2D eigenvalue weighted by atomic mass is 35.5. The van der Waals surface area contributed by atoms with Crippen LogP contribution in [0.4, 0.5) is 10.2 Å². The first-order valence-electron chi connectivity index (χ1n) is 10.1. The first-order chi connectivity index (χ1) is 16.0. The van der Waals surface area contributed by atoms with E-state index in [1.165, 1.54) is 23.0 Å². The fourth-order valence-corrected chi connectivity index (χ4v) is 3.46. The lowest BCUT2D eigenvalue weighted by Crippen LogP contribution is -2.23. The summed E-state index contributed by atoms with van der Waals surface area (Å²) in [6, 6.07) is 18.0. The Labute approximate surface area is 194 Å². The molecular formula is C24H19ClFN5O2. The number of hydrogen-bond acceptors (Lipinski definition) is 4. The molecular weight excluding hydrogens is 445 g/mol. The number of nitrogens with one attached hydrogen (secondary N) is 2. The molecule has 33 heavy (non-hydrogen) atoms. The maximum Gasteiger partial charge on any atom is 0.271 e. The summed E-state index contributed by atoms with van der Waals surface area (Å²) in [5.74, 6) is -1.30. The van der Waals surface area contributed by atoms with Gasteiger partial charge >= 0.3 is 0 Å². The lowest BCUT2D eigenvalue weighted by Gasteiger charge is -2.11. The first-order valence-corrected chi connectivity index (χ1v) is 10.5. The normalized spacial score (nSPS) is 10.6. The van der Waals surface area contributed by atoms with E-state index in [9.17, 15) is 14.0 Å². The van der Waals surface area contributed by atoms with Crippen molar-refractivity contribution in [2.75, 3.05) is 11.9 Å². The van der Waals surface area contributed by atoms with Crippen LogP contribution >= 0.6 is 11.6 Å². The summed E-state index contributed by atoms with van der Waals surface area (Å²) in [6.45, 7) is 2.23. The van der Waals surface area contributed by atoms with Crippen LogP contribution in [0.3, 0.4) is 0 Å². The number of para-hydroxylation sites is 1. The van der Waals surface area contributed by atoms with E-state index in [2.05, 4.69) is 20.7 Å². The van der Waals surface area contributed by atoms with Gasteiger partial charge in [-0.25, -0.2) is 9.07 Å². The average Bonchev–Trinajstić information content (AvgIpc) is 3.24. The van der Waals surface area contributed by atoms with Crippen LogP contribution in [0, 0.1) is 5.82 Å². The summed E-state index contributed by atoms with van der Waals surface area (Å²) in [5, 5.41) is 9.70. The molecule has 0 saturated carbocycles. The van der Waals surface area contributed by atoms with Gasteiger partial charge in [0.15, 0.2) is 5.69 Å². The third-order valence-corrected chi connectivity index (χ3v) is 5.08. The predicted molar refractivity (Wildman–Crippen MR) is 124 cm³/mol. The Bertz CT molecular complexity index is 1310. The van der Waals surface area contributed by atoms with Crippen molar-refractivity contribution in [3.8, 4) is 16.9 Å². The molecule has 0 unspecified atom stereocenters. The van der Waals surface area contributed by atoms with Gasteiger partial charge < -0.3 is 10.6 Å². The van der Waals surface area contributed by atoms with Crippen molar-refractivity contribution >= 4 is 29.2 Å². The average molecular weight is 464 g/mol. The Morgan fingerprint density at radius 2 is 1.79 bits per heavy atom. The quantitative estimate of drug-likeness (QED) is 0.432. The number of nitrogens with zero attached hydrogens (tertiary/aromatic N) is 3. The maximum atomic E-state index is 14.5. The van der Waals surface area contributed by atoms with Gasteiger partial charge in [-0.05, 0) is 43.3 Å². The van der Waals surface area contributed by atoms with Crippen LogP contribution in [0.25, 0.3) is 16.9 Å². The summed E-state index contributed by atoms with van der Waals surface area (Å²) in [6.07, 6.45) is 1.53. The van der Waals surface area contributed by atoms with E-state index in [0.717, 1.165) is 6.07 Å². The molecule has 2 heterocycles. The molecule has 4 aromatic rings. The molecule has 9 heteroatoms. The van der Waals surface area contributed by atoms with Gasteiger partial charge in [-0.3, -0.25) is 14.6 Å². The Morgan fingerprint density at radius 1 is 1.03 bits per heavy atom. The highest BCUT2D eigenvalue weighted by Gasteiger charge is 2.20.